The summed E-state index contributed by atoms with van der Waals surface area (Å²) in [5.41, 5.74) is 3.04. The zero-order chi connectivity index (χ0) is 25.9. The summed E-state index contributed by atoms with van der Waals surface area (Å²) in [6.07, 6.45) is 8.22. The Bertz CT molecular complexity index is 1500. The summed E-state index contributed by atoms with van der Waals surface area (Å²) < 4.78 is 11.4. The van der Waals surface area contributed by atoms with Gasteiger partial charge in [-0.3, -0.25) is 9.69 Å². The number of fused-ring (bicyclic) bond motifs is 1. The third-order valence-corrected chi connectivity index (χ3v) is 8.03. The van der Waals surface area contributed by atoms with Gasteiger partial charge in [-0.2, -0.15) is 0 Å². The Morgan fingerprint density at radius 3 is 2.68 bits per heavy atom. The van der Waals surface area contributed by atoms with Crippen LogP contribution in [0.25, 0.3) is 17.0 Å². The molecule has 2 aliphatic heterocycles. The number of aromatic amines is 1. The topological polar surface area (TPSA) is 74.1 Å². The lowest BCUT2D eigenvalue weighted by atomic mass is 10.1. The molecule has 0 radical (unpaired) electrons. The van der Waals surface area contributed by atoms with E-state index in [1.165, 1.54) is 42.0 Å². The molecule has 38 heavy (non-hydrogen) atoms. The monoisotopic (exact) mass is 526 g/mol. The van der Waals surface area contributed by atoms with Crippen LogP contribution in [0.1, 0.15) is 30.6 Å². The van der Waals surface area contributed by atoms with Crippen LogP contribution in [-0.4, -0.2) is 47.7 Å². The highest BCUT2D eigenvalue weighted by molar-refractivity contribution is 8.18. The van der Waals surface area contributed by atoms with Crippen LogP contribution in [0.15, 0.2) is 81.2 Å². The predicted octanol–water partition coefficient (Wildman–Crippen LogP) is 6.61. The number of carbonyl (C=O) groups is 1. The molecular weight excluding hydrogens is 496 g/mol. The summed E-state index contributed by atoms with van der Waals surface area (Å²) >= 11 is 1.39. The van der Waals surface area contributed by atoms with E-state index < -0.39 is 0 Å². The number of hydrogen-bond donors (Lipinski definition) is 1. The second-order valence-electron chi connectivity index (χ2n) is 9.49. The maximum absolute atomic E-state index is 13.6. The van der Waals surface area contributed by atoms with Crippen molar-refractivity contribution in [1.82, 2.24) is 9.88 Å². The molecule has 2 aromatic carbocycles. The molecule has 0 saturated carbocycles. The lowest BCUT2D eigenvalue weighted by molar-refractivity contribution is -0.122. The number of benzene rings is 2. The maximum atomic E-state index is 13.6. The van der Waals surface area contributed by atoms with Gasteiger partial charge in [-0.05, 0) is 79.4 Å². The number of methoxy groups -OCH3 is 1. The number of anilines is 1. The molecule has 6 rings (SSSR count). The Morgan fingerprint density at radius 2 is 1.87 bits per heavy atom. The number of rotatable bonds is 7. The van der Waals surface area contributed by atoms with E-state index >= 15 is 0 Å². The number of para-hydroxylation sites is 1. The van der Waals surface area contributed by atoms with Crippen LogP contribution in [-0.2, 0) is 11.2 Å². The fourth-order valence-corrected chi connectivity index (χ4v) is 5.96. The minimum absolute atomic E-state index is 0.0574. The highest BCUT2D eigenvalue weighted by atomic mass is 32.2. The second kappa shape index (κ2) is 10.8. The number of furan rings is 1. The van der Waals surface area contributed by atoms with Gasteiger partial charge in [0.05, 0.1) is 17.7 Å². The molecule has 2 aliphatic rings. The summed E-state index contributed by atoms with van der Waals surface area (Å²) in [7, 11) is 1.64. The summed E-state index contributed by atoms with van der Waals surface area (Å²) in [4.78, 5) is 26.4. The van der Waals surface area contributed by atoms with E-state index in [0.717, 1.165) is 35.9 Å². The molecule has 194 valence electrons. The number of amides is 1. The number of nitrogens with zero attached hydrogens (tertiary/aromatic N) is 3. The third-order valence-electron chi connectivity index (χ3n) is 7.02. The van der Waals surface area contributed by atoms with Gasteiger partial charge in [0.15, 0.2) is 11.1 Å². The number of nitrogens with one attached hydrogen (secondary N) is 1. The SMILES string of the molecule is COc1ccc(N=C2S/C(=C\c3ccc(N4CCCCC4)o3)C(=O)N2CCc2c[nH]c3ccccc23)cc1. The molecule has 0 aliphatic carbocycles. The lowest BCUT2D eigenvalue weighted by Gasteiger charge is -2.25. The number of amidine groups is 1. The van der Waals surface area contributed by atoms with Gasteiger partial charge in [0.25, 0.3) is 5.91 Å². The zero-order valence-corrected chi connectivity index (χ0v) is 22.2. The first-order chi connectivity index (χ1) is 18.7. The van der Waals surface area contributed by atoms with E-state index in [0.29, 0.717) is 28.8 Å². The van der Waals surface area contributed by atoms with Crippen molar-refractivity contribution >= 4 is 51.4 Å². The fraction of sp³-hybridized carbons (Fsp3) is 0.267. The van der Waals surface area contributed by atoms with Crippen molar-refractivity contribution < 1.29 is 13.9 Å². The van der Waals surface area contributed by atoms with Crippen molar-refractivity contribution in [3.63, 3.8) is 0 Å². The molecule has 0 spiro atoms. The Kier molecular flexibility index (Phi) is 6.96. The first kappa shape index (κ1) is 24.4. The first-order valence-corrected chi connectivity index (χ1v) is 13.8. The summed E-state index contributed by atoms with van der Waals surface area (Å²) in [5.74, 6) is 2.26. The molecule has 8 heteroatoms. The van der Waals surface area contributed by atoms with Crippen molar-refractivity contribution in [2.75, 3.05) is 31.6 Å². The van der Waals surface area contributed by atoms with Crippen LogP contribution < -0.4 is 9.64 Å². The van der Waals surface area contributed by atoms with Gasteiger partial charge in [0, 0.05) is 48.9 Å². The quantitative estimate of drug-likeness (QED) is 0.275. The number of aliphatic imine (C=N–C) groups is 1. The van der Waals surface area contributed by atoms with Crippen molar-refractivity contribution in [3.8, 4) is 5.75 Å². The number of ether oxygens (including phenoxy) is 1. The van der Waals surface area contributed by atoms with Crippen LogP contribution >= 0.6 is 11.8 Å². The molecule has 4 aromatic rings. The lowest BCUT2D eigenvalue weighted by Crippen LogP contribution is -2.31. The third kappa shape index (κ3) is 5.09. The van der Waals surface area contributed by atoms with E-state index in [1.807, 2.05) is 60.8 Å². The maximum Gasteiger partial charge on any atom is 0.266 e. The van der Waals surface area contributed by atoms with Gasteiger partial charge < -0.3 is 19.0 Å². The van der Waals surface area contributed by atoms with Gasteiger partial charge in [-0.1, -0.05) is 18.2 Å². The van der Waals surface area contributed by atoms with Crippen LogP contribution in [0.5, 0.6) is 5.75 Å². The molecule has 0 bridgehead atoms. The smallest absolute Gasteiger partial charge is 0.266 e. The van der Waals surface area contributed by atoms with Gasteiger partial charge in [-0.25, -0.2) is 4.99 Å². The fourth-order valence-electron chi connectivity index (χ4n) is 4.96. The van der Waals surface area contributed by atoms with Gasteiger partial charge >= 0.3 is 0 Å². The van der Waals surface area contributed by atoms with E-state index in [4.69, 9.17) is 14.1 Å². The number of H-pyrrole nitrogens is 1. The van der Waals surface area contributed by atoms with Crippen LogP contribution in [0.3, 0.4) is 0 Å². The number of aromatic nitrogens is 1. The Labute approximate surface area is 226 Å². The number of carbonyl (C=O) groups excluding carboxylic acids is 1. The van der Waals surface area contributed by atoms with E-state index in [-0.39, 0.29) is 5.91 Å². The molecule has 2 saturated heterocycles. The summed E-state index contributed by atoms with van der Waals surface area (Å²) in [5, 5.41) is 1.84. The molecule has 7 nitrogen and oxygen atoms in total. The van der Waals surface area contributed by atoms with E-state index in [1.54, 1.807) is 12.0 Å². The zero-order valence-electron chi connectivity index (χ0n) is 21.4. The van der Waals surface area contributed by atoms with Gasteiger partial charge in [0.2, 0.25) is 0 Å². The molecule has 0 unspecified atom stereocenters. The van der Waals surface area contributed by atoms with Crippen molar-refractivity contribution in [1.29, 1.82) is 0 Å². The first-order valence-electron chi connectivity index (χ1n) is 13.0. The molecule has 1 amide bonds. The highest BCUT2D eigenvalue weighted by Gasteiger charge is 2.33. The van der Waals surface area contributed by atoms with Crippen LogP contribution in [0.4, 0.5) is 11.6 Å². The normalized spacial score (nSPS) is 18.3. The summed E-state index contributed by atoms with van der Waals surface area (Å²) in [6, 6.07) is 19.7. The molecule has 0 atom stereocenters. The summed E-state index contributed by atoms with van der Waals surface area (Å²) in [6.45, 7) is 2.55. The minimum atomic E-state index is -0.0574. The van der Waals surface area contributed by atoms with Crippen molar-refractivity contribution in [2.45, 2.75) is 25.7 Å². The number of piperidine rings is 1. The van der Waals surface area contributed by atoms with Crippen LogP contribution in [0, 0.1) is 0 Å². The Morgan fingerprint density at radius 1 is 1.05 bits per heavy atom. The average molecular weight is 527 g/mol. The van der Waals surface area contributed by atoms with E-state index in [9.17, 15) is 4.79 Å². The van der Waals surface area contributed by atoms with E-state index in [2.05, 4.69) is 22.0 Å². The predicted molar refractivity (Wildman–Crippen MR) is 154 cm³/mol. The minimum Gasteiger partial charge on any atom is -0.497 e. The van der Waals surface area contributed by atoms with Crippen molar-refractivity contribution in [3.05, 3.63) is 83.1 Å². The number of thioether (sulfide) groups is 1. The molecular formula is C30H30N4O3S. The molecule has 1 N–H and O–H groups in total. The average Bonchev–Trinajstić information content (AvgIpc) is 3.67. The van der Waals surface area contributed by atoms with Crippen molar-refractivity contribution in [2.24, 2.45) is 4.99 Å². The molecule has 2 fully saturated rings. The molecule has 2 aromatic heterocycles. The highest BCUT2D eigenvalue weighted by Crippen LogP contribution is 2.36. The van der Waals surface area contributed by atoms with Gasteiger partial charge in [-0.15, -0.1) is 0 Å². The van der Waals surface area contributed by atoms with Crippen LogP contribution in [0.2, 0.25) is 0 Å². The molecule has 4 heterocycles. The Balaban J connectivity index is 1.27. The standard InChI is InChI=1S/C30H30N4O3S/c1-36-23-11-9-22(10-12-23)32-30-34(18-15-21-20-31-26-8-4-3-7-25(21)26)29(35)27(38-30)19-24-13-14-28(37-24)33-16-5-2-6-17-33/h3-4,7-14,19-20,31H,2,5-6,15-18H2,1H3/b27-19-,32-30?. The number of hydrogen-bond acceptors (Lipinski definition) is 6. The largest absolute Gasteiger partial charge is 0.497 e. The Hall–Kier alpha value is -3.91. The second-order valence-corrected chi connectivity index (χ2v) is 10.5. The van der Waals surface area contributed by atoms with Gasteiger partial charge in [0.1, 0.15) is 11.5 Å².